The smallest absolute Gasteiger partial charge is 0.272 e. The molecule has 200 valence electrons. The van der Waals surface area contributed by atoms with Crippen LogP contribution in [0.5, 0.6) is 5.75 Å². The molecule has 2 amide bonds. The fourth-order valence-electron chi connectivity index (χ4n) is 3.75. The van der Waals surface area contributed by atoms with Crippen LogP contribution in [0.3, 0.4) is 0 Å². The van der Waals surface area contributed by atoms with Crippen LogP contribution in [0.25, 0.3) is 12.2 Å². The Kier molecular flexibility index (Phi) is 9.80. The summed E-state index contributed by atoms with van der Waals surface area (Å²) in [5, 5.41) is 5.52. The van der Waals surface area contributed by atoms with Gasteiger partial charge < -0.3 is 15.4 Å². The molecule has 0 aliphatic rings. The van der Waals surface area contributed by atoms with Crippen molar-refractivity contribution in [2.45, 2.75) is 6.92 Å². The van der Waals surface area contributed by atoms with E-state index in [-0.39, 0.29) is 11.5 Å². The maximum Gasteiger partial charge on any atom is 0.272 e. The molecule has 0 unspecified atom stereocenters. The van der Waals surface area contributed by atoms with Crippen LogP contribution in [0, 0.1) is 0 Å². The Morgan fingerprint density at radius 1 is 0.800 bits per heavy atom. The minimum Gasteiger partial charge on any atom is -0.493 e. The average Bonchev–Trinajstić information content (AvgIpc) is 2.98. The van der Waals surface area contributed by atoms with Crippen LogP contribution >= 0.6 is 15.9 Å². The van der Waals surface area contributed by atoms with Crippen LogP contribution in [0.2, 0.25) is 0 Å². The molecule has 40 heavy (non-hydrogen) atoms. The van der Waals surface area contributed by atoms with Gasteiger partial charge in [-0.25, -0.2) is 0 Å². The summed E-state index contributed by atoms with van der Waals surface area (Å²) < 4.78 is 6.50. The van der Waals surface area contributed by atoms with Gasteiger partial charge in [-0.3, -0.25) is 14.4 Å². The summed E-state index contributed by atoms with van der Waals surface area (Å²) in [6.45, 7) is 2.44. The third-order valence-electron chi connectivity index (χ3n) is 5.77. The Hall–Kier alpha value is -4.75. The zero-order valence-electron chi connectivity index (χ0n) is 21.8. The van der Waals surface area contributed by atoms with Gasteiger partial charge >= 0.3 is 0 Å². The summed E-state index contributed by atoms with van der Waals surface area (Å²) in [7, 11) is 0. The van der Waals surface area contributed by atoms with Gasteiger partial charge in [-0.1, -0.05) is 64.5 Å². The SMILES string of the molecule is CCOc1ccccc1/C=C/C(=O)c1ccc(NC(=O)/C(=C/c2ccc(Br)cc2)NC(=O)c2ccccc2)cc1. The number of ether oxygens (including phenoxy) is 1. The molecule has 0 heterocycles. The average molecular weight is 595 g/mol. The highest BCUT2D eigenvalue weighted by molar-refractivity contribution is 9.10. The summed E-state index contributed by atoms with van der Waals surface area (Å²) in [5.74, 6) is -0.384. The predicted octanol–water partition coefficient (Wildman–Crippen LogP) is 7.15. The maximum absolute atomic E-state index is 13.2. The van der Waals surface area contributed by atoms with E-state index in [0.717, 1.165) is 15.6 Å². The molecule has 4 aromatic rings. The van der Waals surface area contributed by atoms with Crippen molar-refractivity contribution < 1.29 is 19.1 Å². The van der Waals surface area contributed by atoms with Gasteiger partial charge in [-0.05, 0) is 85.3 Å². The number of carbonyl (C=O) groups excluding carboxylic acids is 3. The van der Waals surface area contributed by atoms with Crippen LogP contribution in [0.1, 0.15) is 38.8 Å². The first-order valence-corrected chi connectivity index (χ1v) is 13.4. The van der Waals surface area contributed by atoms with E-state index < -0.39 is 11.8 Å². The van der Waals surface area contributed by atoms with Crippen molar-refractivity contribution in [1.82, 2.24) is 5.32 Å². The lowest BCUT2D eigenvalue weighted by Crippen LogP contribution is -2.30. The first kappa shape index (κ1) is 28.3. The number of hydrogen-bond donors (Lipinski definition) is 2. The molecule has 0 radical (unpaired) electrons. The van der Waals surface area contributed by atoms with E-state index >= 15 is 0 Å². The molecule has 4 rings (SSSR count). The second-order valence-electron chi connectivity index (χ2n) is 8.63. The molecule has 0 atom stereocenters. The van der Waals surface area contributed by atoms with Gasteiger partial charge in [0.2, 0.25) is 0 Å². The van der Waals surface area contributed by atoms with Crippen molar-refractivity contribution in [1.29, 1.82) is 0 Å². The van der Waals surface area contributed by atoms with E-state index in [9.17, 15) is 14.4 Å². The highest BCUT2D eigenvalue weighted by atomic mass is 79.9. The number of hydrogen-bond acceptors (Lipinski definition) is 4. The zero-order chi connectivity index (χ0) is 28.3. The second kappa shape index (κ2) is 13.9. The van der Waals surface area contributed by atoms with Gasteiger partial charge in [-0.15, -0.1) is 0 Å². The van der Waals surface area contributed by atoms with E-state index in [4.69, 9.17) is 4.74 Å². The van der Waals surface area contributed by atoms with Gasteiger partial charge in [0.25, 0.3) is 11.8 Å². The molecule has 0 spiro atoms. The van der Waals surface area contributed by atoms with Crippen LogP contribution in [0.15, 0.2) is 119 Å². The predicted molar refractivity (Wildman–Crippen MR) is 162 cm³/mol. The number of amides is 2. The lowest BCUT2D eigenvalue weighted by atomic mass is 10.1. The van der Waals surface area contributed by atoms with E-state index in [1.807, 2.05) is 61.5 Å². The lowest BCUT2D eigenvalue weighted by molar-refractivity contribution is -0.113. The van der Waals surface area contributed by atoms with Gasteiger partial charge in [0.1, 0.15) is 11.4 Å². The van der Waals surface area contributed by atoms with Gasteiger partial charge in [0.05, 0.1) is 6.61 Å². The minimum atomic E-state index is -0.501. The van der Waals surface area contributed by atoms with Crippen LogP contribution in [0.4, 0.5) is 5.69 Å². The van der Waals surface area contributed by atoms with Gasteiger partial charge in [0.15, 0.2) is 5.78 Å². The van der Waals surface area contributed by atoms with Crippen molar-refractivity contribution >= 4 is 51.4 Å². The van der Waals surface area contributed by atoms with Crippen molar-refractivity contribution in [3.8, 4) is 5.75 Å². The minimum absolute atomic E-state index is 0.0761. The number of nitrogens with one attached hydrogen (secondary N) is 2. The summed E-state index contributed by atoms with van der Waals surface area (Å²) in [6, 6.07) is 30.1. The number of anilines is 1. The zero-order valence-corrected chi connectivity index (χ0v) is 23.4. The number of allylic oxidation sites excluding steroid dienone is 1. The molecule has 0 saturated heterocycles. The number of ketones is 1. The first-order valence-electron chi connectivity index (χ1n) is 12.6. The molecule has 7 heteroatoms. The number of carbonyl (C=O) groups is 3. The van der Waals surface area contributed by atoms with Gasteiger partial charge in [-0.2, -0.15) is 0 Å². The molecule has 0 aliphatic heterocycles. The van der Waals surface area contributed by atoms with Crippen molar-refractivity contribution in [3.05, 3.63) is 142 Å². The summed E-state index contributed by atoms with van der Waals surface area (Å²) in [4.78, 5) is 38.8. The number of benzene rings is 4. The van der Waals surface area contributed by atoms with Crippen molar-refractivity contribution in [2.75, 3.05) is 11.9 Å². The Morgan fingerprint density at radius 2 is 1.48 bits per heavy atom. The summed E-state index contributed by atoms with van der Waals surface area (Å²) >= 11 is 3.40. The number of para-hydroxylation sites is 1. The van der Waals surface area contributed by atoms with E-state index in [0.29, 0.717) is 29.2 Å². The highest BCUT2D eigenvalue weighted by Crippen LogP contribution is 2.20. The van der Waals surface area contributed by atoms with Crippen LogP contribution in [-0.2, 0) is 4.79 Å². The Balaban J connectivity index is 1.48. The molecule has 2 N–H and O–H groups in total. The summed E-state index contributed by atoms with van der Waals surface area (Å²) in [6.07, 6.45) is 4.81. The van der Waals surface area contributed by atoms with E-state index in [1.54, 1.807) is 60.7 Å². The Labute approximate surface area is 241 Å². The third kappa shape index (κ3) is 7.88. The normalized spacial score (nSPS) is 11.2. The molecular weight excluding hydrogens is 568 g/mol. The maximum atomic E-state index is 13.2. The van der Waals surface area contributed by atoms with Gasteiger partial charge in [0, 0.05) is 26.9 Å². The standard InChI is InChI=1S/C33H27BrN2O4/c1-2-40-31-11-7-6-8-25(31)16-21-30(37)24-14-19-28(20-15-24)35-33(39)29(22-23-12-17-27(34)18-13-23)36-32(38)26-9-4-3-5-10-26/h3-22H,2H2,1H3,(H,35,39)(H,36,38)/b21-16+,29-22-. The molecule has 0 fully saturated rings. The molecular formula is C33H27BrN2O4. The molecule has 0 aliphatic carbocycles. The van der Waals surface area contributed by atoms with Crippen molar-refractivity contribution in [3.63, 3.8) is 0 Å². The number of halogens is 1. The molecule has 0 bridgehead atoms. The highest BCUT2D eigenvalue weighted by Gasteiger charge is 2.15. The molecule has 0 saturated carbocycles. The van der Waals surface area contributed by atoms with E-state index in [2.05, 4.69) is 26.6 Å². The quantitative estimate of drug-likeness (QED) is 0.151. The monoisotopic (exact) mass is 594 g/mol. The largest absolute Gasteiger partial charge is 0.493 e. The third-order valence-corrected chi connectivity index (χ3v) is 6.30. The Bertz CT molecular complexity index is 1540. The molecule has 0 aromatic heterocycles. The Morgan fingerprint density at radius 3 is 2.17 bits per heavy atom. The van der Waals surface area contributed by atoms with Crippen LogP contribution < -0.4 is 15.4 Å². The number of rotatable bonds is 10. The topological polar surface area (TPSA) is 84.5 Å². The first-order chi connectivity index (χ1) is 19.4. The van der Waals surface area contributed by atoms with Crippen molar-refractivity contribution in [2.24, 2.45) is 0 Å². The lowest BCUT2D eigenvalue weighted by Gasteiger charge is -2.12. The van der Waals surface area contributed by atoms with E-state index in [1.165, 1.54) is 6.08 Å². The second-order valence-corrected chi connectivity index (χ2v) is 9.55. The van der Waals surface area contributed by atoms with Crippen LogP contribution in [-0.4, -0.2) is 24.2 Å². The summed E-state index contributed by atoms with van der Waals surface area (Å²) in [5.41, 5.74) is 2.99. The molecule has 4 aromatic carbocycles. The molecule has 6 nitrogen and oxygen atoms in total. The fraction of sp³-hybridized carbons (Fsp3) is 0.0606. The fourth-order valence-corrected chi connectivity index (χ4v) is 4.02.